The van der Waals surface area contributed by atoms with E-state index >= 15 is 0 Å². The van der Waals surface area contributed by atoms with Gasteiger partial charge in [-0.25, -0.2) is 0 Å². The number of carbonyl (C=O) groups is 1. The Bertz CT molecular complexity index is 788. The summed E-state index contributed by atoms with van der Waals surface area (Å²) in [7, 11) is 5.66. The normalized spacial score (nSPS) is 11.3. The lowest BCUT2D eigenvalue weighted by atomic mass is 10.2. The molecule has 0 fully saturated rings. The zero-order valence-corrected chi connectivity index (χ0v) is 16.0. The van der Waals surface area contributed by atoms with E-state index in [1.165, 1.54) is 0 Å². The lowest BCUT2D eigenvalue weighted by molar-refractivity contribution is -0.119. The largest absolute Gasteiger partial charge is 0.484 e. The van der Waals surface area contributed by atoms with Crippen molar-refractivity contribution in [3.63, 3.8) is 0 Å². The van der Waals surface area contributed by atoms with E-state index in [2.05, 4.69) is 10.3 Å². The van der Waals surface area contributed by atoms with Crippen molar-refractivity contribution in [2.45, 2.75) is 13.1 Å². The van der Waals surface area contributed by atoms with Crippen LogP contribution in [0.3, 0.4) is 0 Å². The maximum Gasteiger partial charge on any atom is 0.255 e. The Kier molecular flexibility index (Phi) is 6.91. The number of rotatable bonds is 7. The van der Waals surface area contributed by atoms with E-state index in [1.807, 2.05) is 54.0 Å². The molecule has 1 aromatic carbocycles. The highest BCUT2D eigenvalue weighted by Crippen LogP contribution is 2.15. The van der Waals surface area contributed by atoms with Gasteiger partial charge in [-0.1, -0.05) is 23.7 Å². The number of halogens is 1. The second-order valence-electron chi connectivity index (χ2n) is 5.92. The van der Waals surface area contributed by atoms with Crippen LogP contribution in [-0.4, -0.2) is 42.0 Å². The summed E-state index contributed by atoms with van der Waals surface area (Å²) < 4.78 is 7.32. The topological polar surface area (TPSA) is 84.9 Å². The average Bonchev–Trinajstić information content (AvgIpc) is 2.91. The maximum atomic E-state index is 10.8. The average molecular weight is 378 g/mol. The zero-order chi connectivity index (χ0) is 19.1. The molecule has 0 saturated carbocycles. The second-order valence-corrected chi connectivity index (χ2v) is 6.36. The number of nitrogens with one attached hydrogen (secondary N) is 1. The van der Waals surface area contributed by atoms with Gasteiger partial charge in [0, 0.05) is 39.6 Å². The molecule has 7 nitrogen and oxygen atoms in total. The number of guanidine groups is 1. The minimum atomic E-state index is -0.503. The molecule has 3 N–H and O–H groups in total. The summed E-state index contributed by atoms with van der Waals surface area (Å²) in [5.74, 6) is 0.854. The van der Waals surface area contributed by atoms with Crippen molar-refractivity contribution in [2.24, 2.45) is 17.8 Å². The molecule has 8 heteroatoms. The molecule has 0 unspecified atom stereocenters. The molecule has 0 saturated heterocycles. The minimum Gasteiger partial charge on any atom is -0.484 e. The molecule has 2 rings (SSSR count). The molecule has 0 bridgehead atoms. The van der Waals surface area contributed by atoms with Crippen LogP contribution in [0.15, 0.2) is 41.5 Å². The summed E-state index contributed by atoms with van der Waals surface area (Å²) in [6.07, 6.45) is 1.87. The minimum absolute atomic E-state index is 0.138. The Morgan fingerprint density at radius 3 is 2.81 bits per heavy atom. The quantitative estimate of drug-likeness (QED) is 0.568. The molecule has 0 aliphatic carbocycles. The van der Waals surface area contributed by atoms with Crippen LogP contribution in [0.2, 0.25) is 5.02 Å². The number of carbonyl (C=O) groups excluding carboxylic acids is 1. The van der Waals surface area contributed by atoms with E-state index < -0.39 is 5.91 Å². The lowest BCUT2D eigenvalue weighted by Gasteiger charge is -2.22. The summed E-state index contributed by atoms with van der Waals surface area (Å²) in [5.41, 5.74) is 7.18. The van der Waals surface area contributed by atoms with E-state index in [4.69, 9.17) is 22.1 Å². The molecular weight excluding hydrogens is 354 g/mol. The molecule has 1 amide bonds. The fourth-order valence-corrected chi connectivity index (χ4v) is 2.78. The van der Waals surface area contributed by atoms with Gasteiger partial charge < -0.3 is 25.3 Å². The van der Waals surface area contributed by atoms with Crippen LogP contribution in [0.5, 0.6) is 5.75 Å². The van der Waals surface area contributed by atoms with E-state index in [0.717, 1.165) is 17.2 Å². The summed E-state index contributed by atoms with van der Waals surface area (Å²) >= 11 is 6.04. The molecular formula is C18H24ClN5O2. The molecule has 0 aliphatic rings. The first kappa shape index (κ1) is 19.7. The van der Waals surface area contributed by atoms with Gasteiger partial charge >= 0.3 is 0 Å². The van der Waals surface area contributed by atoms with Crippen LogP contribution in [0.1, 0.15) is 11.3 Å². The smallest absolute Gasteiger partial charge is 0.255 e. The third-order valence-corrected chi connectivity index (χ3v) is 3.98. The van der Waals surface area contributed by atoms with Crippen molar-refractivity contribution >= 4 is 23.5 Å². The predicted octanol–water partition coefficient (Wildman–Crippen LogP) is 1.75. The number of hydrogen-bond donors (Lipinski definition) is 2. The van der Waals surface area contributed by atoms with Crippen molar-refractivity contribution in [3.05, 3.63) is 52.8 Å². The van der Waals surface area contributed by atoms with Crippen LogP contribution < -0.4 is 15.8 Å². The second kappa shape index (κ2) is 9.15. The van der Waals surface area contributed by atoms with E-state index in [0.29, 0.717) is 23.9 Å². The van der Waals surface area contributed by atoms with Gasteiger partial charge in [0.1, 0.15) is 5.75 Å². The van der Waals surface area contributed by atoms with Gasteiger partial charge in [0.05, 0.1) is 11.6 Å². The number of aliphatic imine (C=N–C) groups is 1. The van der Waals surface area contributed by atoms with Gasteiger partial charge in [0.2, 0.25) is 0 Å². The number of amides is 1. The number of hydrogen-bond acceptors (Lipinski definition) is 3. The van der Waals surface area contributed by atoms with Gasteiger partial charge in [0.15, 0.2) is 12.6 Å². The Hall–Kier alpha value is -2.67. The lowest BCUT2D eigenvalue weighted by Crippen LogP contribution is -2.38. The molecule has 2 aromatic rings. The molecule has 0 radical (unpaired) electrons. The van der Waals surface area contributed by atoms with Crippen LogP contribution >= 0.6 is 11.6 Å². The highest BCUT2D eigenvalue weighted by atomic mass is 35.5. The van der Waals surface area contributed by atoms with Crippen molar-refractivity contribution in [2.75, 3.05) is 20.7 Å². The zero-order valence-electron chi connectivity index (χ0n) is 15.2. The monoisotopic (exact) mass is 377 g/mol. The molecule has 1 aromatic heterocycles. The van der Waals surface area contributed by atoms with Crippen molar-refractivity contribution < 1.29 is 9.53 Å². The highest BCUT2D eigenvalue weighted by Gasteiger charge is 2.10. The first-order valence-electron chi connectivity index (χ1n) is 8.11. The molecule has 26 heavy (non-hydrogen) atoms. The number of nitrogens with zero attached hydrogens (tertiary/aromatic N) is 3. The van der Waals surface area contributed by atoms with Crippen LogP contribution in [0.4, 0.5) is 0 Å². The summed E-state index contributed by atoms with van der Waals surface area (Å²) in [5, 5.41) is 4.03. The fraction of sp³-hybridized carbons (Fsp3) is 0.333. The Morgan fingerprint density at radius 1 is 1.42 bits per heavy atom. The number of ether oxygens (including phenoxy) is 1. The number of nitrogens with two attached hydrogens (primary N) is 1. The van der Waals surface area contributed by atoms with Crippen molar-refractivity contribution in [1.82, 2.24) is 14.8 Å². The Morgan fingerprint density at radius 2 is 2.19 bits per heavy atom. The van der Waals surface area contributed by atoms with Crippen molar-refractivity contribution in [3.8, 4) is 5.75 Å². The molecule has 0 atom stereocenters. The standard InChI is InChI=1S/C18H24ClN5O2/c1-21-18(24(3)11-15-8-14(19)10-23(15)2)22-9-13-5-4-6-16(7-13)26-12-17(20)25/h4-8,10H,9,11-12H2,1-3H3,(H2,20,25)(H,21,22). The first-order chi connectivity index (χ1) is 12.4. The molecule has 1 heterocycles. The number of primary amides is 1. The van der Waals surface area contributed by atoms with Crippen molar-refractivity contribution in [1.29, 1.82) is 0 Å². The van der Waals surface area contributed by atoms with Crippen LogP contribution in [0.25, 0.3) is 0 Å². The predicted molar refractivity (Wildman–Crippen MR) is 103 cm³/mol. The third-order valence-electron chi connectivity index (χ3n) is 3.78. The summed E-state index contributed by atoms with van der Waals surface area (Å²) in [4.78, 5) is 17.1. The highest BCUT2D eigenvalue weighted by molar-refractivity contribution is 6.30. The van der Waals surface area contributed by atoms with Crippen LogP contribution in [-0.2, 0) is 24.9 Å². The summed E-state index contributed by atoms with van der Waals surface area (Å²) in [6, 6.07) is 9.41. The van der Waals surface area contributed by atoms with E-state index in [9.17, 15) is 4.79 Å². The van der Waals surface area contributed by atoms with Gasteiger partial charge in [-0.3, -0.25) is 9.79 Å². The van der Waals surface area contributed by atoms with Gasteiger partial charge in [-0.2, -0.15) is 0 Å². The first-order valence-corrected chi connectivity index (χ1v) is 8.49. The fourth-order valence-electron chi connectivity index (χ4n) is 2.51. The van der Waals surface area contributed by atoms with Gasteiger partial charge in [-0.05, 0) is 23.8 Å². The third kappa shape index (κ3) is 5.70. The molecule has 140 valence electrons. The van der Waals surface area contributed by atoms with E-state index in [1.54, 1.807) is 13.1 Å². The number of benzene rings is 1. The number of aromatic nitrogens is 1. The molecule has 0 aliphatic heterocycles. The Labute approximate surface area is 158 Å². The van der Waals surface area contributed by atoms with Gasteiger partial charge in [-0.15, -0.1) is 0 Å². The summed E-state index contributed by atoms with van der Waals surface area (Å²) in [6.45, 7) is 1.10. The number of aryl methyl sites for hydroxylation is 1. The van der Waals surface area contributed by atoms with Crippen LogP contribution in [0, 0.1) is 0 Å². The van der Waals surface area contributed by atoms with Gasteiger partial charge in [0.25, 0.3) is 5.91 Å². The Balaban J connectivity index is 1.95. The SMILES string of the molecule is CN=C(NCc1cccc(OCC(N)=O)c1)N(C)Cc1cc(Cl)cn1C. The maximum absolute atomic E-state index is 10.8. The van der Waals surface area contributed by atoms with E-state index in [-0.39, 0.29) is 6.61 Å². The molecule has 0 spiro atoms.